The molecule has 124 valence electrons. The molecule has 0 N–H and O–H groups in total. The van der Waals surface area contributed by atoms with Crippen LogP contribution in [0.4, 0.5) is 13.2 Å². The number of imidazole rings is 1. The quantitative estimate of drug-likeness (QED) is 0.508. The molecule has 7 heteroatoms. The number of fused-ring (bicyclic) bond motifs is 1. The van der Waals surface area contributed by atoms with Gasteiger partial charge in [-0.1, -0.05) is 12.1 Å². The standard InChI is InChI=1S/C17H13F3N2OS/c1-11-16(22-8-3-2-7-15(22)21-11)14(23)10-24-13-6-4-5-12(9-13)17(18,19)20/h2-9H,10H2,1H3. The van der Waals surface area contributed by atoms with E-state index in [0.29, 0.717) is 21.9 Å². The van der Waals surface area contributed by atoms with Crippen molar-refractivity contribution in [2.24, 2.45) is 0 Å². The lowest BCUT2D eigenvalue weighted by Crippen LogP contribution is -2.08. The number of ketones is 1. The van der Waals surface area contributed by atoms with Crippen molar-refractivity contribution in [3.05, 3.63) is 65.6 Å². The summed E-state index contributed by atoms with van der Waals surface area (Å²) in [6.45, 7) is 1.75. The van der Waals surface area contributed by atoms with E-state index in [0.717, 1.165) is 23.9 Å². The predicted octanol–water partition coefficient (Wildman–Crippen LogP) is 4.64. The van der Waals surface area contributed by atoms with Crippen LogP contribution in [0.2, 0.25) is 0 Å². The van der Waals surface area contributed by atoms with E-state index in [1.165, 1.54) is 6.07 Å². The number of thioether (sulfide) groups is 1. The first-order valence-electron chi connectivity index (χ1n) is 7.13. The van der Waals surface area contributed by atoms with Crippen LogP contribution >= 0.6 is 11.8 Å². The molecule has 3 rings (SSSR count). The summed E-state index contributed by atoms with van der Waals surface area (Å²) in [6, 6.07) is 10.4. The highest BCUT2D eigenvalue weighted by Gasteiger charge is 2.30. The molecule has 3 aromatic rings. The molecule has 2 heterocycles. The number of aryl methyl sites for hydroxylation is 1. The fraction of sp³-hybridized carbons (Fsp3) is 0.176. The number of carbonyl (C=O) groups excluding carboxylic acids is 1. The molecular formula is C17H13F3N2OS. The summed E-state index contributed by atoms with van der Waals surface area (Å²) in [4.78, 5) is 17.2. The van der Waals surface area contributed by atoms with Crippen molar-refractivity contribution in [2.75, 3.05) is 5.75 Å². The molecule has 0 aliphatic rings. The molecule has 0 atom stereocenters. The van der Waals surface area contributed by atoms with Crippen molar-refractivity contribution in [3.63, 3.8) is 0 Å². The maximum Gasteiger partial charge on any atom is 0.416 e. The summed E-state index contributed by atoms with van der Waals surface area (Å²) < 4.78 is 39.9. The number of pyridine rings is 1. The number of Topliss-reactive ketones (excluding diaryl/α,β-unsaturated/α-hetero) is 1. The van der Waals surface area contributed by atoms with E-state index < -0.39 is 11.7 Å². The van der Waals surface area contributed by atoms with E-state index in [1.807, 2.05) is 6.07 Å². The molecule has 0 aliphatic carbocycles. The zero-order valence-electron chi connectivity index (χ0n) is 12.7. The average molecular weight is 350 g/mol. The number of hydrogen-bond donors (Lipinski definition) is 0. The highest BCUT2D eigenvalue weighted by Crippen LogP contribution is 2.32. The SMILES string of the molecule is Cc1nc2ccccn2c1C(=O)CSc1cccc(C(F)(F)F)c1. The zero-order valence-corrected chi connectivity index (χ0v) is 13.5. The number of hydrogen-bond acceptors (Lipinski definition) is 3. The minimum atomic E-state index is -4.39. The Bertz CT molecular complexity index is 902. The fourth-order valence-corrected chi connectivity index (χ4v) is 3.25. The highest BCUT2D eigenvalue weighted by atomic mass is 32.2. The smallest absolute Gasteiger partial charge is 0.297 e. The van der Waals surface area contributed by atoms with E-state index in [2.05, 4.69) is 4.98 Å². The van der Waals surface area contributed by atoms with Crippen LogP contribution in [0, 0.1) is 6.92 Å². The normalized spacial score (nSPS) is 11.8. The van der Waals surface area contributed by atoms with Gasteiger partial charge in [0.15, 0.2) is 5.78 Å². The summed E-state index contributed by atoms with van der Waals surface area (Å²) >= 11 is 1.08. The molecule has 1 aromatic carbocycles. The van der Waals surface area contributed by atoms with Crippen LogP contribution < -0.4 is 0 Å². The second-order valence-electron chi connectivity index (χ2n) is 5.21. The Labute approximate surface area is 140 Å². The number of benzene rings is 1. The maximum atomic E-state index is 12.7. The Morgan fingerprint density at radius 3 is 2.75 bits per heavy atom. The fourth-order valence-electron chi connectivity index (χ4n) is 2.43. The highest BCUT2D eigenvalue weighted by molar-refractivity contribution is 8.00. The molecule has 3 nitrogen and oxygen atoms in total. The molecule has 0 amide bonds. The summed E-state index contributed by atoms with van der Waals surface area (Å²) in [7, 11) is 0. The molecule has 0 bridgehead atoms. The Morgan fingerprint density at radius 1 is 1.21 bits per heavy atom. The third kappa shape index (κ3) is 3.31. The summed E-state index contributed by atoms with van der Waals surface area (Å²) in [5, 5.41) is 0. The van der Waals surface area contributed by atoms with Crippen LogP contribution in [0.3, 0.4) is 0 Å². The largest absolute Gasteiger partial charge is 0.416 e. The van der Waals surface area contributed by atoms with Gasteiger partial charge >= 0.3 is 6.18 Å². The van der Waals surface area contributed by atoms with Crippen LogP contribution in [-0.4, -0.2) is 20.9 Å². The molecule has 0 saturated carbocycles. The van der Waals surface area contributed by atoms with Gasteiger partial charge in [-0.05, 0) is 37.3 Å². The molecule has 0 unspecified atom stereocenters. The predicted molar refractivity (Wildman–Crippen MR) is 86.4 cm³/mol. The number of alkyl halides is 3. The lowest BCUT2D eigenvalue weighted by Gasteiger charge is -2.08. The van der Waals surface area contributed by atoms with Crippen LogP contribution in [-0.2, 0) is 6.18 Å². The van der Waals surface area contributed by atoms with Gasteiger partial charge in [-0.2, -0.15) is 13.2 Å². The van der Waals surface area contributed by atoms with Crippen LogP contribution in [0.1, 0.15) is 21.7 Å². The van der Waals surface area contributed by atoms with E-state index in [4.69, 9.17) is 0 Å². The molecular weight excluding hydrogens is 337 g/mol. The molecule has 0 fully saturated rings. The van der Waals surface area contributed by atoms with E-state index in [9.17, 15) is 18.0 Å². The second-order valence-corrected chi connectivity index (χ2v) is 6.26. The summed E-state index contributed by atoms with van der Waals surface area (Å²) in [6.07, 6.45) is -2.64. The van der Waals surface area contributed by atoms with Gasteiger partial charge in [0.2, 0.25) is 0 Å². The van der Waals surface area contributed by atoms with Crippen LogP contribution in [0.25, 0.3) is 5.65 Å². The third-order valence-electron chi connectivity index (χ3n) is 3.50. The van der Waals surface area contributed by atoms with Gasteiger partial charge in [-0.15, -0.1) is 11.8 Å². The van der Waals surface area contributed by atoms with E-state index in [1.54, 1.807) is 35.7 Å². The first-order valence-corrected chi connectivity index (χ1v) is 8.12. The maximum absolute atomic E-state index is 12.7. The van der Waals surface area contributed by atoms with Gasteiger partial charge in [0.05, 0.1) is 17.0 Å². The number of halogens is 3. The first-order chi connectivity index (χ1) is 11.4. The van der Waals surface area contributed by atoms with E-state index in [-0.39, 0.29) is 11.5 Å². The van der Waals surface area contributed by atoms with Crippen molar-refractivity contribution in [1.82, 2.24) is 9.38 Å². The molecule has 0 saturated heterocycles. The first kappa shape index (κ1) is 16.6. The Morgan fingerprint density at radius 2 is 2.00 bits per heavy atom. The second kappa shape index (κ2) is 6.32. The number of nitrogens with zero attached hydrogens (tertiary/aromatic N) is 2. The van der Waals surface area contributed by atoms with Crippen molar-refractivity contribution in [2.45, 2.75) is 18.0 Å². The van der Waals surface area contributed by atoms with Crippen LogP contribution in [0.5, 0.6) is 0 Å². The minimum Gasteiger partial charge on any atom is -0.297 e. The van der Waals surface area contributed by atoms with Gasteiger partial charge in [0.1, 0.15) is 11.3 Å². The van der Waals surface area contributed by atoms with Gasteiger partial charge in [0, 0.05) is 11.1 Å². The average Bonchev–Trinajstić information content (AvgIpc) is 2.88. The number of carbonyl (C=O) groups is 1. The molecule has 2 aromatic heterocycles. The van der Waals surface area contributed by atoms with Gasteiger partial charge in [-0.25, -0.2) is 4.98 Å². The summed E-state index contributed by atoms with van der Waals surface area (Å²) in [5.74, 6) is -0.126. The van der Waals surface area contributed by atoms with Crippen molar-refractivity contribution in [1.29, 1.82) is 0 Å². The van der Waals surface area contributed by atoms with Crippen molar-refractivity contribution in [3.8, 4) is 0 Å². The molecule has 0 spiro atoms. The molecule has 0 aliphatic heterocycles. The van der Waals surface area contributed by atoms with E-state index >= 15 is 0 Å². The third-order valence-corrected chi connectivity index (χ3v) is 4.49. The number of aromatic nitrogens is 2. The Hall–Kier alpha value is -2.28. The lowest BCUT2D eigenvalue weighted by molar-refractivity contribution is -0.137. The van der Waals surface area contributed by atoms with Gasteiger partial charge in [-0.3, -0.25) is 9.20 Å². The minimum absolute atomic E-state index is 0.0465. The van der Waals surface area contributed by atoms with Gasteiger partial charge < -0.3 is 0 Å². The lowest BCUT2D eigenvalue weighted by atomic mass is 10.2. The monoisotopic (exact) mass is 350 g/mol. The number of rotatable bonds is 4. The Balaban J connectivity index is 1.80. The van der Waals surface area contributed by atoms with Gasteiger partial charge in [0.25, 0.3) is 0 Å². The van der Waals surface area contributed by atoms with Crippen LogP contribution in [0.15, 0.2) is 53.6 Å². The van der Waals surface area contributed by atoms with Crippen molar-refractivity contribution < 1.29 is 18.0 Å². The molecule has 0 radical (unpaired) electrons. The Kier molecular flexibility index (Phi) is 4.36. The van der Waals surface area contributed by atoms with Crippen molar-refractivity contribution >= 4 is 23.2 Å². The topological polar surface area (TPSA) is 34.4 Å². The summed E-state index contributed by atoms with van der Waals surface area (Å²) in [5.41, 5.74) is 1.02. The zero-order chi connectivity index (χ0) is 17.3. The molecule has 24 heavy (non-hydrogen) atoms.